The van der Waals surface area contributed by atoms with Gasteiger partial charge in [0.25, 0.3) is 5.91 Å². The van der Waals surface area contributed by atoms with Crippen LogP contribution in [0.1, 0.15) is 39.7 Å². The number of ether oxygens (including phenoxy) is 3. The largest absolute Gasteiger partial charge is 0.497 e. The smallest absolute Gasteiger partial charge is 0.254 e. The Morgan fingerprint density at radius 1 is 1.11 bits per heavy atom. The Kier molecular flexibility index (Phi) is 8.06. The van der Waals surface area contributed by atoms with E-state index in [9.17, 15) is 9.59 Å². The van der Waals surface area contributed by atoms with Crippen molar-refractivity contribution in [1.29, 1.82) is 0 Å². The molecule has 2 atom stereocenters. The molecule has 37 heavy (non-hydrogen) atoms. The molecule has 1 saturated heterocycles. The van der Waals surface area contributed by atoms with Crippen molar-refractivity contribution in [3.8, 4) is 11.5 Å². The van der Waals surface area contributed by atoms with Gasteiger partial charge in [-0.25, -0.2) is 0 Å². The standard InChI is InChI=1S/C29H32N2O5S/c1-34-22-9-5-10-23(17-22)36-20-26-25-13-16-37-27(25)12-14-31(26)28(32)19-30(18-24-11-6-15-35-24)29(33)21-7-3-2-4-8-21/h2-5,7-10,13,16-17,24,26H,6,11-12,14-15,18-20H2,1H3/t24-,26-/m0/s1. The summed E-state index contributed by atoms with van der Waals surface area (Å²) in [7, 11) is 1.62. The average molecular weight is 521 g/mol. The van der Waals surface area contributed by atoms with Gasteiger partial charge >= 0.3 is 0 Å². The number of benzene rings is 2. The topological polar surface area (TPSA) is 68.3 Å². The number of rotatable bonds is 9. The van der Waals surface area contributed by atoms with Crippen molar-refractivity contribution in [2.45, 2.75) is 31.4 Å². The maximum absolute atomic E-state index is 13.8. The third-order valence-electron chi connectivity index (χ3n) is 6.95. The molecule has 2 amide bonds. The first-order valence-electron chi connectivity index (χ1n) is 12.7. The Hall–Kier alpha value is -3.36. The highest BCUT2D eigenvalue weighted by Crippen LogP contribution is 2.34. The molecule has 0 unspecified atom stereocenters. The number of thiophene rings is 1. The second kappa shape index (κ2) is 11.8. The molecular formula is C29H32N2O5S. The van der Waals surface area contributed by atoms with Gasteiger partial charge in [-0.15, -0.1) is 11.3 Å². The van der Waals surface area contributed by atoms with E-state index in [1.165, 1.54) is 4.88 Å². The Labute approximate surface area is 221 Å². The number of carbonyl (C=O) groups is 2. The second-order valence-electron chi connectivity index (χ2n) is 9.33. The van der Waals surface area contributed by atoms with Crippen LogP contribution in [-0.2, 0) is 16.0 Å². The predicted molar refractivity (Wildman–Crippen MR) is 142 cm³/mol. The van der Waals surface area contributed by atoms with Gasteiger partial charge in [-0.3, -0.25) is 9.59 Å². The molecule has 2 aliphatic heterocycles. The predicted octanol–water partition coefficient (Wildman–Crippen LogP) is 4.58. The van der Waals surface area contributed by atoms with Crippen molar-refractivity contribution in [2.75, 3.05) is 40.0 Å². The highest BCUT2D eigenvalue weighted by molar-refractivity contribution is 7.10. The third-order valence-corrected chi connectivity index (χ3v) is 7.94. The van der Waals surface area contributed by atoms with Gasteiger partial charge in [0.2, 0.25) is 5.91 Å². The van der Waals surface area contributed by atoms with E-state index < -0.39 is 0 Å². The van der Waals surface area contributed by atoms with Crippen LogP contribution in [-0.4, -0.2) is 67.7 Å². The normalized spacial score (nSPS) is 18.8. The van der Waals surface area contributed by atoms with Crippen molar-refractivity contribution >= 4 is 23.2 Å². The quantitative estimate of drug-likeness (QED) is 0.413. The highest BCUT2D eigenvalue weighted by Gasteiger charge is 2.34. The van der Waals surface area contributed by atoms with Crippen LogP contribution in [0, 0.1) is 0 Å². The molecular weight excluding hydrogens is 488 g/mol. The molecule has 5 rings (SSSR count). The number of methoxy groups -OCH3 is 1. The van der Waals surface area contributed by atoms with Gasteiger partial charge in [0.05, 0.1) is 19.3 Å². The van der Waals surface area contributed by atoms with E-state index in [4.69, 9.17) is 14.2 Å². The summed E-state index contributed by atoms with van der Waals surface area (Å²) in [6.07, 6.45) is 2.62. The fourth-order valence-electron chi connectivity index (χ4n) is 5.01. The maximum Gasteiger partial charge on any atom is 0.254 e. The van der Waals surface area contributed by atoms with Crippen LogP contribution in [0.2, 0.25) is 0 Å². The number of nitrogens with zero attached hydrogens (tertiary/aromatic N) is 2. The summed E-state index contributed by atoms with van der Waals surface area (Å²) in [4.78, 5) is 32.0. The maximum atomic E-state index is 13.8. The monoisotopic (exact) mass is 520 g/mol. The van der Waals surface area contributed by atoms with Gasteiger partial charge in [-0.05, 0) is 60.5 Å². The summed E-state index contributed by atoms with van der Waals surface area (Å²) >= 11 is 1.71. The molecule has 2 aromatic carbocycles. The van der Waals surface area contributed by atoms with E-state index in [0.717, 1.165) is 30.6 Å². The van der Waals surface area contributed by atoms with Gasteiger partial charge < -0.3 is 24.0 Å². The molecule has 8 heteroatoms. The van der Waals surface area contributed by atoms with Gasteiger partial charge in [0.15, 0.2) is 0 Å². The molecule has 194 valence electrons. The first kappa shape index (κ1) is 25.3. The van der Waals surface area contributed by atoms with E-state index in [0.29, 0.717) is 37.6 Å². The Morgan fingerprint density at radius 2 is 1.95 bits per heavy atom. The zero-order valence-corrected chi connectivity index (χ0v) is 21.8. The van der Waals surface area contributed by atoms with E-state index >= 15 is 0 Å². The highest BCUT2D eigenvalue weighted by atomic mass is 32.1. The summed E-state index contributed by atoms with van der Waals surface area (Å²) in [6, 6.07) is 18.5. The van der Waals surface area contributed by atoms with E-state index in [2.05, 4.69) is 11.4 Å². The summed E-state index contributed by atoms with van der Waals surface area (Å²) in [5.41, 5.74) is 1.69. The molecule has 1 aromatic heterocycles. The van der Waals surface area contributed by atoms with Crippen LogP contribution in [0.25, 0.3) is 0 Å². The summed E-state index contributed by atoms with van der Waals surface area (Å²) in [5, 5.41) is 2.07. The molecule has 2 aliphatic rings. The molecule has 1 fully saturated rings. The van der Waals surface area contributed by atoms with Crippen molar-refractivity contribution in [3.63, 3.8) is 0 Å². The van der Waals surface area contributed by atoms with Crippen LogP contribution in [0.5, 0.6) is 11.5 Å². The lowest BCUT2D eigenvalue weighted by Gasteiger charge is -2.37. The van der Waals surface area contributed by atoms with E-state index in [-0.39, 0.29) is 30.5 Å². The summed E-state index contributed by atoms with van der Waals surface area (Å²) in [6.45, 7) is 2.01. The Balaban J connectivity index is 1.34. The van der Waals surface area contributed by atoms with Gasteiger partial charge in [0.1, 0.15) is 24.7 Å². The Morgan fingerprint density at radius 3 is 2.73 bits per heavy atom. The second-order valence-corrected chi connectivity index (χ2v) is 10.3. The van der Waals surface area contributed by atoms with Crippen molar-refractivity contribution < 1.29 is 23.8 Å². The van der Waals surface area contributed by atoms with E-state index in [1.54, 1.807) is 35.5 Å². The number of hydrogen-bond donors (Lipinski definition) is 0. The molecule has 0 bridgehead atoms. The van der Waals surface area contributed by atoms with Gasteiger partial charge in [-0.1, -0.05) is 24.3 Å². The summed E-state index contributed by atoms with van der Waals surface area (Å²) < 4.78 is 17.3. The van der Waals surface area contributed by atoms with Crippen molar-refractivity contribution in [1.82, 2.24) is 9.80 Å². The SMILES string of the molecule is COc1cccc(OC[C@H]2c3ccsc3CCN2C(=O)CN(C[C@@H]2CCCO2)C(=O)c2ccccc2)c1. The number of carbonyl (C=O) groups excluding carboxylic acids is 2. The third kappa shape index (κ3) is 5.97. The number of amides is 2. The molecule has 3 heterocycles. The zero-order chi connectivity index (χ0) is 25.6. The first-order valence-corrected chi connectivity index (χ1v) is 13.6. The fraction of sp³-hybridized carbons (Fsp3) is 0.379. The lowest BCUT2D eigenvalue weighted by Crippen LogP contribution is -2.49. The molecule has 7 nitrogen and oxygen atoms in total. The van der Waals surface area contributed by atoms with Crippen LogP contribution >= 0.6 is 11.3 Å². The minimum absolute atomic E-state index is 0.00270. The fourth-order valence-corrected chi connectivity index (χ4v) is 5.94. The minimum atomic E-state index is -0.231. The molecule has 0 N–H and O–H groups in total. The van der Waals surface area contributed by atoms with Crippen LogP contribution < -0.4 is 9.47 Å². The zero-order valence-electron chi connectivity index (χ0n) is 21.0. The molecule has 0 aliphatic carbocycles. The van der Waals surface area contributed by atoms with Gasteiger partial charge in [-0.2, -0.15) is 0 Å². The van der Waals surface area contributed by atoms with E-state index in [1.807, 2.05) is 47.4 Å². The van der Waals surface area contributed by atoms with Crippen LogP contribution in [0.15, 0.2) is 66.0 Å². The number of fused-ring (bicyclic) bond motifs is 1. The van der Waals surface area contributed by atoms with Gasteiger partial charge in [0, 0.05) is 36.2 Å². The lowest BCUT2D eigenvalue weighted by molar-refractivity contribution is -0.135. The summed E-state index contributed by atoms with van der Waals surface area (Å²) in [5.74, 6) is 1.17. The Bertz CT molecular complexity index is 1210. The van der Waals surface area contributed by atoms with Crippen molar-refractivity contribution in [2.24, 2.45) is 0 Å². The average Bonchev–Trinajstić information content (AvgIpc) is 3.64. The molecule has 0 saturated carbocycles. The van der Waals surface area contributed by atoms with Crippen LogP contribution in [0.4, 0.5) is 0 Å². The molecule has 0 spiro atoms. The van der Waals surface area contributed by atoms with Crippen LogP contribution in [0.3, 0.4) is 0 Å². The number of hydrogen-bond acceptors (Lipinski definition) is 6. The molecule has 3 aromatic rings. The van der Waals surface area contributed by atoms with Crippen molar-refractivity contribution in [3.05, 3.63) is 82.0 Å². The minimum Gasteiger partial charge on any atom is -0.497 e. The first-order chi connectivity index (χ1) is 18.1. The molecule has 0 radical (unpaired) electrons. The lowest BCUT2D eigenvalue weighted by atomic mass is 10.00.